The summed E-state index contributed by atoms with van der Waals surface area (Å²) in [7, 11) is 0. The van der Waals surface area contributed by atoms with E-state index in [2.05, 4.69) is 29.3 Å². The molecule has 0 aliphatic carbocycles. The first kappa shape index (κ1) is 19.1. The summed E-state index contributed by atoms with van der Waals surface area (Å²) in [6.07, 6.45) is 6.97. The van der Waals surface area contributed by atoms with Crippen LogP contribution in [0.5, 0.6) is 0 Å². The fraction of sp³-hybridized carbons (Fsp3) is 0.240. The van der Waals surface area contributed by atoms with Crippen molar-refractivity contribution in [2.24, 2.45) is 0 Å². The molecule has 1 aliphatic rings. The Morgan fingerprint density at radius 3 is 2.59 bits per heavy atom. The van der Waals surface area contributed by atoms with Gasteiger partial charge in [0.1, 0.15) is 11.5 Å². The number of carbonyl (C=O) groups is 1. The van der Waals surface area contributed by atoms with Crippen molar-refractivity contribution in [1.29, 1.82) is 0 Å². The van der Waals surface area contributed by atoms with Gasteiger partial charge in [0.25, 0.3) is 0 Å². The van der Waals surface area contributed by atoms with Crippen LogP contribution in [-0.4, -0.2) is 18.5 Å². The predicted octanol–water partition coefficient (Wildman–Crippen LogP) is 5.98. The highest BCUT2D eigenvalue weighted by atomic mass is 16.3. The van der Waals surface area contributed by atoms with Crippen LogP contribution < -0.4 is 10.2 Å². The maximum absolute atomic E-state index is 12.3. The molecule has 2 aromatic carbocycles. The van der Waals surface area contributed by atoms with Crippen molar-refractivity contribution in [3.05, 3.63) is 78.6 Å². The van der Waals surface area contributed by atoms with Gasteiger partial charge in [-0.1, -0.05) is 30.3 Å². The Hall–Kier alpha value is -3.27. The zero-order chi connectivity index (χ0) is 20.1. The van der Waals surface area contributed by atoms with Crippen molar-refractivity contribution in [3.63, 3.8) is 0 Å². The quantitative estimate of drug-likeness (QED) is 0.549. The van der Waals surface area contributed by atoms with E-state index < -0.39 is 0 Å². The average Bonchev–Trinajstić information content (AvgIpc) is 3.23. The van der Waals surface area contributed by atoms with Crippen molar-refractivity contribution < 1.29 is 9.21 Å². The molecule has 1 N–H and O–H groups in total. The van der Waals surface area contributed by atoms with E-state index in [4.69, 9.17) is 4.42 Å². The summed E-state index contributed by atoms with van der Waals surface area (Å²) in [6, 6.07) is 22.3. The number of nitrogens with one attached hydrogen (secondary N) is 1. The molecule has 3 aromatic rings. The molecule has 1 fully saturated rings. The lowest BCUT2D eigenvalue weighted by Gasteiger charge is -2.35. The number of hydrogen-bond acceptors (Lipinski definition) is 3. The second-order valence-electron chi connectivity index (χ2n) is 7.48. The van der Waals surface area contributed by atoms with Crippen LogP contribution in [0.2, 0.25) is 0 Å². The SMILES string of the molecule is C[C@@H]1CCCCN1c1ccc(NC(=O)/C=C/c2ccc(-c3ccccc3)o2)cc1. The maximum atomic E-state index is 12.3. The van der Waals surface area contributed by atoms with Crippen molar-refractivity contribution >= 4 is 23.4 Å². The molecule has 0 bridgehead atoms. The Labute approximate surface area is 171 Å². The third-order valence-electron chi connectivity index (χ3n) is 5.35. The number of anilines is 2. The molecule has 29 heavy (non-hydrogen) atoms. The lowest BCUT2D eigenvalue weighted by atomic mass is 10.0. The fourth-order valence-electron chi connectivity index (χ4n) is 3.76. The van der Waals surface area contributed by atoms with E-state index >= 15 is 0 Å². The number of hydrogen-bond donors (Lipinski definition) is 1. The molecule has 0 spiro atoms. The Morgan fingerprint density at radius 2 is 1.83 bits per heavy atom. The van der Waals surface area contributed by atoms with Crippen molar-refractivity contribution in [2.45, 2.75) is 32.2 Å². The summed E-state index contributed by atoms with van der Waals surface area (Å²) in [5, 5.41) is 2.91. The Kier molecular flexibility index (Phi) is 5.80. The first-order chi connectivity index (χ1) is 14.2. The molecule has 4 heteroatoms. The minimum absolute atomic E-state index is 0.179. The van der Waals surface area contributed by atoms with E-state index in [1.165, 1.54) is 31.0 Å². The molecule has 0 saturated carbocycles. The highest BCUT2D eigenvalue weighted by Gasteiger charge is 2.18. The van der Waals surface area contributed by atoms with Crippen LogP contribution >= 0.6 is 0 Å². The van der Waals surface area contributed by atoms with Gasteiger partial charge in [0.05, 0.1) is 0 Å². The predicted molar refractivity (Wildman–Crippen MR) is 119 cm³/mol. The molecule has 4 rings (SSSR count). The highest BCUT2D eigenvalue weighted by Crippen LogP contribution is 2.26. The molecule has 4 nitrogen and oxygen atoms in total. The summed E-state index contributed by atoms with van der Waals surface area (Å²) < 4.78 is 5.79. The van der Waals surface area contributed by atoms with Crippen LogP contribution in [0.25, 0.3) is 17.4 Å². The highest BCUT2D eigenvalue weighted by molar-refractivity contribution is 6.01. The molecule has 0 radical (unpaired) electrons. The van der Waals surface area contributed by atoms with Crippen LogP contribution in [-0.2, 0) is 4.79 Å². The number of amides is 1. The molecule has 2 heterocycles. The van der Waals surface area contributed by atoms with Gasteiger partial charge in [-0.3, -0.25) is 4.79 Å². The van der Waals surface area contributed by atoms with Gasteiger partial charge in [0.2, 0.25) is 5.91 Å². The van der Waals surface area contributed by atoms with Crippen molar-refractivity contribution in [2.75, 3.05) is 16.8 Å². The monoisotopic (exact) mass is 386 g/mol. The third kappa shape index (κ3) is 4.77. The lowest BCUT2D eigenvalue weighted by molar-refractivity contribution is -0.111. The van der Waals surface area contributed by atoms with E-state index in [1.807, 2.05) is 54.6 Å². The van der Waals surface area contributed by atoms with Crippen LogP contribution in [0, 0.1) is 0 Å². The van der Waals surface area contributed by atoms with E-state index in [-0.39, 0.29) is 5.91 Å². The molecule has 1 atom stereocenters. The minimum atomic E-state index is -0.179. The summed E-state index contributed by atoms with van der Waals surface area (Å²) in [5.74, 6) is 1.25. The van der Waals surface area contributed by atoms with Gasteiger partial charge in [0.15, 0.2) is 0 Å². The zero-order valence-corrected chi connectivity index (χ0v) is 16.7. The fourth-order valence-corrected chi connectivity index (χ4v) is 3.76. The van der Waals surface area contributed by atoms with Crippen molar-refractivity contribution in [1.82, 2.24) is 0 Å². The molecular weight excluding hydrogens is 360 g/mol. The number of carbonyl (C=O) groups excluding carboxylic acids is 1. The number of rotatable bonds is 5. The normalized spacial score (nSPS) is 16.9. The number of nitrogens with zero attached hydrogens (tertiary/aromatic N) is 1. The summed E-state index contributed by atoms with van der Waals surface area (Å²) in [6.45, 7) is 3.38. The second-order valence-corrected chi connectivity index (χ2v) is 7.48. The lowest BCUT2D eigenvalue weighted by Crippen LogP contribution is -2.37. The van der Waals surface area contributed by atoms with Gasteiger partial charge in [-0.2, -0.15) is 0 Å². The van der Waals surface area contributed by atoms with E-state index in [9.17, 15) is 4.79 Å². The van der Waals surface area contributed by atoms with Crippen molar-refractivity contribution in [3.8, 4) is 11.3 Å². The molecule has 0 unspecified atom stereocenters. The van der Waals surface area contributed by atoms with Gasteiger partial charge in [0, 0.05) is 35.6 Å². The number of benzene rings is 2. The second kappa shape index (κ2) is 8.82. The molecule has 1 aromatic heterocycles. The molecule has 1 amide bonds. The van der Waals surface area contributed by atoms with Crippen LogP contribution in [0.4, 0.5) is 11.4 Å². The first-order valence-corrected chi connectivity index (χ1v) is 10.2. The van der Waals surface area contributed by atoms with Crippen LogP contribution in [0.15, 0.2) is 77.2 Å². The maximum Gasteiger partial charge on any atom is 0.248 e. The Morgan fingerprint density at radius 1 is 1.03 bits per heavy atom. The average molecular weight is 386 g/mol. The summed E-state index contributed by atoms with van der Waals surface area (Å²) in [4.78, 5) is 14.7. The smallest absolute Gasteiger partial charge is 0.248 e. The first-order valence-electron chi connectivity index (χ1n) is 10.2. The molecule has 148 valence electrons. The third-order valence-corrected chi connectivity index (χ3v) is 5.35. The van der Waals surface area contributed by atoms with Gasteiger partial charge >= 0.3 is 0 Å². The molecule has 1 saturated heterocycles. The minimum Gasteiger partial charge on any atom is -0.457 e. The summed E-state index contributed by atoms with van der Waals surface area (Å²) >= 11 is 0. The number of furan rings is 1. The molecule has 1 aliphatic heterocycles. The molecular formula is C25H26N2O2. The van der Waals surface area contributed by atoms with Crippen LogP contribution in [0.3, 0.4) is 0 Å². The van der Waals surface area contributed by atoms with Crippen LogP contribution in [0.1, 0.15) is 31.9 Å². The van der Waals surface area contributed by atoms with E-state index in [1.54, 1.807) is 6.08 Å². The zero-order valence-electron chi connectivity index (χ0n) is 16.7. The van der Waals surface area contributed by atoms with Gasteiger partial charge in [-0.05, 0) is 68.7 Å². The van der Waals surface area contributed by atoms with Gasteiger partial charge < -0.3 is 14.6 Å². The number of piperidine rings is 1. The standard InChI is InChI=1S/C25H26N2O2/c1-19-7-5-6-18-27(19)22-12-10-21(11-13-22)26-25(28)17-15-23-14-16-24(29-23)20-8-3-2-4-9-20/h2-4,8-17,19H,5-7,18H2,1H3,(H,26,28)/b17-15+/t19-/m1/s1. The van der Waals surface area contributed by atoms with Gasteiger partial charge in [-0.25, -0.2) is 0 Å². The largest absolute Gasteiger partial charge is 0.457 e. The van der Waals surface area contributed by atoms with E-state index in [0.29, 0.717) is 11.8 Å². The Balaban J connectivity index is 1.35. The van der Waals surface area contributed by atoms with Gasteiger partial charge in [-0.15, -0.1) is 0 Å². The summed E-state index contributed by atoms with van der Waals surface area (Å²) in [5.41, 5.74) is 3.02. The topological polar surface area (TPSA) is 45.5 Å². The van der Waals surface area contributed by atoms with E-state index in [0.717, 1.165) is 23.6 Å². The Bertz CT molecular complexity index is 974.